The summed E-state index contributed by atoms with van der Waals surface area (Å²) in [5, 5.41) is 7.67. The highest BCUT2D eigenvalue weighted by Gasteiger charge is 2.13. The summed E-state index contributed by atoms with van der Waals surface area (Å²) in [6.07, 6.45) is 3.32. The summed E-state index contributed by atoms with van der Waals surface area (Å²) >= 11 is 3.53. The fraction of sp³-hybridized carbons (Fsp3) is 0.0625. The minimum Gasteiger partial charge on any atom is -0.436 e. The monoisotopic (exact) mass is 354 g/mol. The van der Waals surface area contributed by atoms with Crippen LogP contribution in [-0.2, 0) is 0 Å². The molecule has 0 aliphatic carbocycles. The molecule has 108 valence electrons. The van der Waals surface area contributed by atoms with E-state index in [-0.39, 0.29) is 0 Å². The number of fused-ring (bicyclic) bond motifs is 1. The molecule has 0 aliphatic heterocycles. The van der Waals surface area contributed by atoms with Crippen LogP contribution in [0.1, 0.15) is 5.56 Å². The Hall–Kier alpha value is -2.47. The predicted molar refractivity (Wildman–Crippen MR) is 86.8 cm³/mol. The highest BCUT2D eigenvalue weighted by molar-refractivity contribution is 9.10. The summed E-state index contributed by atoms with van der Waals surface area (Å²) in [7, 11) is 0. The van der Waals surface area contributed by atoms with Gasteiger partial charge in [0.05, 0.1) is 11.3 Å². The molecule has 5 nitrogen and oxygen atoms in total. The van der Waals surface area contributed by atoms with Gasteiger partial charge >= 0.3 is 0 Å². The van der Waals surface area contributed by atoms with Gasteiger partial charge in [0.25, 0.3) is 0 Å². The van der Waals surface area contributed by atoms with Gasteiger partial charge < -0.3 is 4.42 Å². The highest BCUT2D eigenvalue weighted by atomic mass is 79.9. The molecular weight excluding hydrogens is 344 g/mol. The first-order valence-electron chi connectivity index (χ1n) is 6.73. The average Bonchev–Trinajstić information content (AvgIpc) is 3.17. The van der Waals surface area contributed by atoms with Crippen molar-refractivity contribution in [2.45, 2.75) is 6.92 Å². The summed E-state index contributed by atoms with van der Waals surface area (Å²) in [4.78, 5) is 4.62. The minimum atomic E-state index is 0.603. The van der Waals surface area contributed by atoms with Crippen molar-refractivity contribution in [3.8, 4) is 17.1 Å². The Balaban J connectivity index is 1.91. The van der Waals surface area contributed by atoms with E-state index in [1.807, 2.05) is 47.9 Å². The normalized spacial score (nSPS) is 11.2. The van der Waals surface area contributed by atoms with E-state index in [0.717, 1.165) is 32.4 Å². The number of aromatic nitrogens is 4. The van der Waals surface area contributed by atoms with E-state index in [1.165, 1.54) is 0 Å². The van der Waals surface area contributed by atoms with Crippen LogP contribution in [0.5, 0.6) is 0 Å². The molecule has 0 fully saturated rings. The number of hydrogen-bond donors (Lipinski definition) is 0. The van der Waals surface area contributed by atoms with Crippen LogP contribution in [-0.4, -0.2) is 19.7 Å². The Kier molecular flexibility index (Phi) is 3.04. The lowest BCUT2D eigenvalue weighted by Crippen LogP contribution is -1.91. The van der Waals surface area contributed by atoms with Gasteiger partial charge in [0.15, 0.2) is 5.58 Å². The Morgan fingerprint density at radius 1 is 1.09 bits per heavy atom. The zero-order valence-electron chi connectivity index (χ0n) is 11.7. The van der Waals surface area contributed by atoms with Gasteiger partial charge in [-0.3, -0.25) is 4.57 Å². The molecule has 0 saturated carbocycles. The maximum Gasteiger partial charge on any atom is 0.228 e. The second-order valence-corrected chi connectivity index (χ2v) is 5.83. The second kappa shape index (κ2) is 5.06. The number of oxazole rings is 1. The van der Waals surface area contributed by atoms with Crippen molar-refractivity contribution in [3.05, 3.63) is 59.1 Å². The molecule has 2 aromatic heterocycles. The third kappa shape index (κ3) is 2.12. The molecule has 0 spiro atoms. The summed E-state index contributed by atoms with van der Waals surface area (Å²) in [6.45, 7) is 2.01. The van der Waals surface area contributed by atoms with Gasteiger partial charge in [0, 0.05) is 4.47 Å². The summed E-state index contributed by atoms with van der Waals surface area (Å²) in [6, 6.07) is 11.9. The van der Waals surface area contributed by atoms with E-state index in [1.54, 1.807) is 12.7 Å². The molecule has 0 unspecified atom stereocenters. The van der Waals surface area contributed by atoms with E-state index < -0.39 is 0 Å². The zero-order valence-corrected chi connectivity index (χ0v) is 13.3. The van der Waals surface area contributed by atoms with Crippen LogP contribution in [0.4, 0.5) is 0 Å². The van der Waals surface area contributed by atoms with Crippen LogP contribution in [0.15, 0.2) is 57.9 Å². The van der Waals surface area contributed by atoms with Crippen LogP contribution in [0.3, 0.4) is 0 Å². The minimum absolute atomic E-state index is 0.603. The van der Waals surface area contributed by atoms with E-state index in [4.69, 9.17) is 4.42 Å². The lowest BCUT2D eigenvalue weighted by atomic mass is 10.2. The van der Waals surface area contributed by atoms with Crippen LogP contribution >= 0.6 is 15.9 Å². The molecule has 4 rings (SSSR count). The number of benzene rings is 2. The Labute approximate surface area is 134 Å². The lowest BCUT2D eigenvalue weighted by Gasteiger charge is -2.02. The van der Waals surface area contributed by atoms with Gasteiger partial charge in [-0.05, 0) is 52.7 Å². The van der Waals surface area contributed by atoms with Crippen LogP contribution in [0, 0.1) is 6.92 Å². The summed E-state index contributed by atoms with van der Waals surface area (Å²) in [5.41, 5.74) is 4.52. The molecule has 6 heteroatoms. The second-order valence-electron chi connectivity index (χ2n) is 4.98. The van der Waals surface area contributed by atoms with Gasteiger partial charge in [-0.25, -0.2) is 4.98 Å². The Bertz CT molecular complexity index is 960. The first-order chi connectivity index (χ1) is 10.7. The molecule has 22 heavy (non-hydrogen) atoms. The van der Waals surface area contributed by atoms with Gasteiger partial charge in [0.2, 0.25) is 5.89 Å². The van der Waals surface area contributed by atoms with Crippen molar-refractivity contribution in [3.63, 3.8) is 0 Å². The van der Waals surface area contributed by atoms with Crippen LogP contribution < -0.4 is 0 Å². The van der Waals surface area contributed by atoms with Crippen LogP contribution in [0.25, 0.3) is 28.2 Å². The molecule has 0 amide bonds. The number of halogens is 1. The third-order valence-corrected chi connectivity index (χ3v) is 4.17. The van der Waals surface area contributed by atoms with Crippen molar-refractivity contribution < 1.29 is 4.42 Å². The molecule has 2 heterocycles. The lowest BCUT2D eigenvalue weighted by molar-refractivity contribution is 0.617. The fourth-order valence-electron chi connectivity index (χ4n) is 2.41. The van der Waals surface area contributed by atoms with Gasteiger partial charge in [-0.1, -0.05) is 12.1 Å². The number of nitrogens with zero attached hydrogens (tertiary/aromatic N) is 4. The molecule has 0 atom stereocenters. The largest absolute Gasteiger partial charge is 0.436 e. The fourth-order valence-corrected chi connectivity index (χ4v) is 2.87. The SMILES string of the molecule is Cc1cc(-n2cnnc2)cc2nc(-c3ccccc3Br)oc12. The third-order valence-electron chi connectivity index (χ3n) is 3.48. The first kappa shape index (κ1) is 13.2. The molecule has 0 bridgehead atoms. The maximum atomic E-state index is 5.96. The molecule has 0 saturated heterocycles. The highest BCUT2D eigenvalue weighted by Crippen LogP contribution is 2.32. The molecule has 0 N–H and O–H groups in total. The standard InChI is InChI=1S/C16H11BrN4O/c1-10-6-11(21-8-18-19-9-21)7-14-15(10)22-16(20-14)12-4-2-3-5-13(12)17/h2-9H,1H3. The first-order valence-corrected chi connectivity index (χ1v) is 7.53. The summed E-state index contributed by atoms with van der Waals surface area (Å²) in [5.74, 6) is 0.603. The molecule has 4 aromatic rings. The Morgan fingerprint density at radius 3 is 2.64 bits per heavy atom. The molecular formula is C16H11BrN4O. The van der Waals surface area contributed by atoms with Crippen molar-refractivity contribution in [2.75, 3.05) is 0 Å². The van der Waals surface area contributed by atoms with Crippen molar-refractivity contribution in [1.82, 2.24) is 19.7 Å². The van der Waals surface area contributed by atoms with Crippen molar-refractivity contribution in [2.24, 2.45) is 0 Å². The molecule has 0 radical (unpaired) electrons. The van der Waals surface area contributed by atoms with Gasteiger partial charge in [0.1, 0.15) is 18.2 Å². The summed E-state index contributed by atoms with van der Waals surface area (Å²) < 4.78 is 8.76. The maximum absolute atomic E-state index is 5.96. The predicted octanol–water partition coefficient (Wildman–Crippen LogP) is 4.15. The van der Waals surface area contributed by atoms with Crippen molar-refractivity contribution >= 4 is 27.0 Å². The quantitative estimate of drug-likeness (QED) is 0.542. The number of rotatable bonds is 2. The zero-order chi connectivity index (χ0) is 15.1. The van der Waals surface area contributed by atoms with Crippen molar-refractivity contribution in [1.29, 1.82) is 0 Å². The smallest absolute Gasteiger partial charge is 0.228 e. The number of aryl methyl sites for hydroxylation is 1. The molecule has 0 aliphatic rings. The number of hydrogen-bond acceptors (Lipinski definition) is 4. The van der Waals surface area contributed by atoms with E-state index in [0.29, 0.717) is 5.89 Å². The van der Waals surface area contributed by atoms with Gasteiger partial charge in [-0.15, -0.1) is 10.2 Å². The Morgan fingerprint density at radius 2 is 1.86 bits per heavy atom. The topological polar surface area (TPSA) is 56.7 Å². The van der Waals surface area contributed by atoms with Gasteiger partial charge in [-0.2, -0.15) is 0 Å². The van der Waals surface area contributed by atoms with E-state index in [9.17, 15) is 0 Å². The van der Waals surface area contributed by atoms with E-state index in [2.05, 4.69) is 31.1 Å². The van der Waals surface area contributed by atoms with Crippen LogP contribution in [0.2, 0.25) is 0 Å². The molecule has 2 aromatic carbocycles. The van der Waals surface area contributed by atoms with E-state index >= 15 is 0 Å². The average molecular weight is 355 g/mol.